The standard InChI is InChI=1S/C18H26O3/c1-17-13(15-6-4-8-20-15)9-11-12-5-2-3-7-18(12,21-17)10-14(19)16(11)17/h11-13,15-16H,2-10H2,1H3/t11-,12?,13?,15?,16?,17?,18?/m1/s1. The van der Waals surface area contributed by atoms with E-state index < -0.39 is 0 Å². The molecule has 6 aliphatic rings. The van der Waals surface area contributed by atoms with Crippen molar-refractivity contribution in [2.75, 3.05) is 6.61 Å². The number of carbonyl (C=O) groups is 1. The fourth-order valence-corrected chi connectivity index (χ4v) is 6.92. The van der Waals surface area contributed by atoms with Crippen LogP contribution in [0.2, 0.25) is 0 Å². The predicted octanol–water partition coefficient (Wildman–Crippen LogP) is 3.11. The van der Waals surface area contributed by atoms with Crippen LogP contribution >= 0.6 is 0 Å². The van der Waals surface area contributed by atoms with Crippen molar-refractivity contribution >= 4 is 5.78 Å². The number of hydrogen-bond acceptors (Lipinski definition) is 3. The Hall–Kier alpha value is -0.410. The Morgan fingerprint density at radius 3 is 2.86 bits per heavy atom. The third-order valence-electron chi connectivity index (χ3n) is 7.52. The molecule has 3 saturated carbocycles. The van der Waals surface area contributed by atoms with Crippen LogP contribution in [0.25, 0.3) is 0 Å². The van der Waals surface area contributed by atoms with Crippen molar-refractivity contribution < 1.29 is 14.3 Å². The highest BCUT2D eigenvalue weighted by molar-refractivity contribution is 5.86. The van der Waals surface area contributed by atoms with E-state index in [0.29, 0.717) is 36.1 Å². The number of ether oxygens (including phenoxy) is 2. The van der Waals surface area contributed by atoms with Crippen LogP contribution in [-0.2, 0) is 14.3 Å². The number of Topliss-reactive ketones (excluding diaryl/α,β-unsaturated/α-hetero) is 1. The maximum atomic E-state index is 12.8. The highest BCUT2D eigenvalue weighted by Crippen LogP contribution is 2.67. The minimum Gasteiger partial charge on any atom is -0.378 e. The lowest BCUT2D eigenvalue weighted by Gasteiger charge is -2.61. The van der Waals surface area contributed by atoms with Crippen LogP contribution in [0.15, 0.2) is 0 Å². The fraction of sp³-hybridized carbons (Fsp3) is 0.944. The van der Waals surface area contributed by atoms with Gasteiger partial charge in [-0.25, -0.2) is 0 Å². The van der Waals surface area contributed by atoms with Crippen LogP contribution < -0.4 is 0 Å². The van der Waals surface area contributed by atoms with Crippen LogP contribution in [-0.4, -0.2) is 29.7 Å². The van der Waals surface area contributed by atoms with Crippen molar-refractivity contribution in [3.63, 3.8) is 0 Å². The molecule has 7 atom stereocenters. The molecule has 3 aliphatic heterocycles. The molecular weight excluding hydrogens is 264 g/mol. The third-order valence-corrected chi connectivity index (χ3v) is 7.52. The second kappa shape index (κ2) is 4.11. The van der Waals surface area contributed by atoms with Gasteiger partial charge in [-0.1, -0.05) is 12.8 Å². The van der Waals surface area contributed by atoms with Gasteiger partial charge in [0.15, 0.2) is 0 Å². The minimum atomic E-state index is -0.233. The van der Waals surface area contributed by atoms with E-state index in [1.54, 1.807) is 0 Å². The molecule has 3 heteroatoms. The molecule has 6 unspecified atom stereocenters. The smallest absolute Gasteiger partial charge is 0.142 e. The molecule has 21 heavy (non-hydrogen) atoms. The van der Waals surface area contributed by atoms with E-state index in [2.05, 4.69) is 6.92 Å². The zero-order chi connectivity index (χ0) is 14.2. The molecular formula is C18H26O3. The zero-order valence-corrected chi connectivity index (χ0v) is 13.0. The first-order valence-electron chi connectivity index (χ1n) is 8.99. The highest BCUT2D eigenvalue weighted by Gasteiger charge is 2.72. The van der Waals surface area contributed by atoms with Crippen LogP contribution in [0.5, 0.6) is 0 Å². The summed E-state index contributed by atoms with van der Waals surface area (Å²) in [6.45, 7) is 3.14. The number of rotatable bonds is 1. The molecule has 0 aromatic heterocycles. The van der Waals surface area contributed by atoms with Gasteiger partial charge in [-0.3, -0.25) is 4.79 Å². The lowest BCUT2D eigenvalue weighted by atomic mass is 9.55. The molecule has 3 heterocycles. The maximum Gasteiger partial charge on any atom is 0.142 e. The Balaban J connectivity index is 1.58. The average molecular weight is 290 g/mol. The van der Waals surface area contributed by atoms with Gasteiger partial charge in [0, 0.05) is 18.9 Å². The molecule has 3 aliphatic carbocycles. The Kier molecular flexibility index (Phi) is 2.56. The van der Waals surface area contributed by atoms with Gasteiger partial charge in [0.05, 0.1) is 23.2 Å². The van der Waals surface area contributed by atoms with Gasteiger partial charge < -0.3 is 9.47 Å². The number of fused-ring (bicyclic) bond motifs is 1. The topological polar surface area (TPSA) is 35.5 Å². The molecule has 0 radical (unpaired) electrons. The molecule has 4 bridgehead atoms. The largest absolute Gasteiger partial charge is 0.378 e. The second-order valence-electron chi connectivity index (χ2n) is 8.38. The van der Waals surface area contributed by atoms with E-state index >= 15 is 0 Å². The molecule has 0 amide bonds. The molecule has 116 valence electrons. The molecule has 6 fully saturated rings. The molecule has 0 aromatic carbocycles. The normalized spacial score (nSPS) is 58.5. The van der Waals surface area contributed by atoms with Gasteiger partial charge in [-0.15, -0.1) is 0 Å². The van der Waals surface area contributed by atoms with Gasteiger partial charge in [-0.05, 0) is 50.9 Å². The van der Waals surface area contributed by atoms with Crippen molar-refractivity contribution in [2.24, 2.45) is 23.7 Å². The van der Waals surface area contributed by atoms with E-state index in [9.17, 15) is 4.79 Å². The van der Waals surface area contributed by atoms with E-state index in [0.717, 1.165) is 19.4 Å². The second-order valence-corrected chi connectivity index (χ2v) is 8.38. The van der Waals surface area contributed by atoms with Crippen molar-refractivity contribution in [3.05, 3.63) is 0 Å². The molecule has 3 nitrogen and oxygen atoms in total. The first-order chi connectivity index (χ1) is 10.1. The molecule has 3 saturated heterocycles. The van der Waals surface area contributed by atoms with Gasteiger partial charge in [0.1, 0.15) is 5.78 Å². The molecule has 6 rings (SSSR count). The van der Waals surface area contributed by atoms with Crippen molar-refractivity contribution in [1.82, 2.24) is 0 Å². The monoisotopic (exact) mass is 290 g/mol. The first-order valence-corrected chi connectivity index (χ1v) is 8.99. The highest BCUT2D eigenvalue weighted by atomic mass is 16.5. The summed E-state index contributed by atoms with van der Waals surface area (Å²) in [6.07, 6.45) is 9.51. The summed E-state index contributed by atoms with van der Waals surface area (Å²) in [5.74, 6) is 2.35. The summed E-state index contributed by atoms with van der Waals surface area (Å²) in [6, 6.07) is 0. The lowest BCUT2D eigenvalue weighted by molar-refractivity contribution is -0.277. The Bertz CT molecular complexity index is 483. The molecule has 0 N–H and O–H groups in total. The van der Waals surface area contributed by atoms with E-state index in [4.69, 9.17) is 9.47 Å². The number of ketones is 1. The number of hydrogen-bond donors (Lipinski definition) is 0. The van der Waals surface area contributed by atoms with Crippen molar-refractivity contribution in [3.8, 4) is 0 Å². The van der Waals surface area contributed by atoms with E-state index in [1.165, 1.54) is 32.1 Å². The Morgan fingerprint density at radius 1 is 1.14 bits per heavy atom. The SMILES string of the molecule is CC12OC34CCCCC3[C@@H](CC1C1CCCO1)C2C(=O)C4. The fourth-order valence-electron chi connectivity index (χ4n) is 6.92. The van der Waals surface area contributed by atoms with Crippen molar-refractivity contribution in [2.45, 2.75) is 75.6 Å². The summed E-state index contributed by atoms with van der Waals surface area (Å²) in [4.78, 5) is 12.8. The van der Waals surface area contributed by atoms with Gasteiger partial charge in [-0.2, -0.15) is 0 Å². The Morgan fingerprint density at radius 2 is 2.05 bits per heavy atom. The third kappa shape index (κ3) is 1.50. The zero-order valence-electron chi connectivity index (χ0n) is 13.0. The lowest BCUT2D eigenvalue weighted by Crippen LogP contribution is -2.67. The Labute approximate surface area is 126 Å². The number of carbonyl (C=O) groups excluding carboxylic acids is 1. The average Bonchev–Trinajstić information content (AvgIpc) is 3.03. The van der Waals surface area contributed by atoms with Crippen LogP contribution in [0, 0.1) is 23.7 Å². The predicted molar refractivity (Wildman–Crippen MR) is 77.9 cm³/mol. The van der Waals surface area contributed by atoms with Gasteiger partial charge >= 0.3 is 0 Å². The van der Waals surface area contributed by atoms with Crippen LogP contribution in [0.1, 0.15) is 58.3 Å². The summed E-state index contributed by atoms with van der Waals surface area (Å²) in [7, 11) is 0. The summed E-state index contributed by atoms with van der Waals surface area (Å²) >= 11 is 0. The molecule has 1 spiro atoms. The van der Waals surface area contributed by atoms with E-state index in [1.807, 2.05) is 0 Å². The summed E-state index contributed by atoms with van der Waals surface area (Å²) in [5.41, 5.74) is -0.334. The summed E-state index contributed by atoms with van der Waals surface area (Å²) < 4.78 is 12.9. The van der Waals surface area contributed by atoms with Crippen molar-refractivity contribution in [1.29, 1.82) is 0 Å². The molecule has 0 aromatic rings. The quantitative estimate of drug-likeness (QED) is 0.744. The maximum absolute atomic E-state index is 12.8. The van der Waals surface area contributed by atoms with Gasteiger partial charge in [0.2, 0.25) is 0 Å². The van der Waals surface area contributed by atoms with Gasteiger partial charge in [0.25, 0.3) is 0 Å². The minimum absolute atomic E-state index is 0.100. The van der Waals surface area contributed by atoms with Crippen LogP contribution in [0.4, 0.5) is 0 Å². The first kappa shape index (κ1) is 13.1. The van der Waals surface area contributed by atoms with Crippen LogP contribution in [0.3, 0.4) is 0 Å². The summed E-state index contributed by atoms with van der Waals surface area (Å²) in [5, 5.41) is 0. The van der Waals surface area contributed by atoms with E-state index in [-0.39, 0.29) is 17.1 Å².